The fourth-order valence-corrected chi connectivity index (χ4v) is 6.74. The highest BCUT2D eigenvalue weighted by Crippen LogP contribution is 2.60. The molecule has 2 rings (SSSR count). The molecule has 0 saturated carbocycles. The van der Waals surface area contributed by atoms with Crippen LogP contribution in [0.1, 0.15) is 30.8 Å². The third kappa shape index (κ3) is 5.84. The molecule has 2 aromatic carbocycles. The van der Waals surface area contributed by atoms with Gasteiger partial charge in [-0.2, -0.15) is 17.9 Å². The second kappa shape index (κ2) is 9.80. The summed E-state index contributed by atoms with van der Waals surface area (Å²) in [6, 6.07) is 9.72. The number of hydrogen-bond acceptors (Lipinski definition) is 5. The van der Waals surface area contributed by atoms with E-state index in [0.717, 1.165) is 6.07 Å². The van der Waals surface area contributed by atoms with Gasteiger partial charge in [-0.25, -0.2) is 8.42 Å². The summed E-state index contributed by atoms with van der Waals surface area (Å²) in [4.78, 5) is -0.806. The molecule has 0 aromatic heterocycles. The van der Waals surface area contributed by atoms with Crippen LogP contribution in [0, 0.1) is 0 Å². The van der Waals surface area contributed by atoms with Gasteiger partial charge in [0.15, 0.2) is 0 Å². The first-order valence-corrected chi connectivity index (χ1v) is 12.2. The summed E-state index contributed by atoms with van der Waals surface area (Å²) >= 11 is 5.88. The SMILES string of the molecule is CCOP(=O)(OCC)C(NS(=O)(=O)c1cc(C(F)(F)F)ccc1Cl)c1ccccc1. The van der Waals surface area contributed by atoms with Crippen LogP contribution in [0.25, 0.3) is 0 Å². The van der Waals surface area contributed by atoms with Crippen LogP contribution in [0.4, 0.5) is 13.2 Å². The highest BCUT2D eigenvalue weighted by Gasteiger charge is 2.41. The molecule has 0 aliphatic rings. The summed E-state index contributed by atoms with van der Waals surface area (Å²) in [5.74, 6) is -1.51. The molecule has 0 radical (unpaired) electrons. The van der Waals surface area contributed by atoms with Gasteiger partial charge < -0.3 is 9.05 Å². The van der Waals surface area contributed by atoms with E-state index in [4.69, 9.17) is 20.6 Å². The van der Waals surface area contributed by atoms with Crippen LogP contribution in [-0.4, -0.2) is 21.6 Å². The molecule has 6 nitrogen and oxygen atoms in total. The highest BCUT2D eigenvalue weighted by molar-refractivity contribution is 7.90. The van der Waals surface area contributed by atoms with E-state index < -0.39 is 45.1 Å². The number of nitrogens with one attached hydrogen (secondary N) is 1. The molecule has 166 valence electrons. The smallest absolute Gasteiger partial charge is 0.308 e. The predicted molar refractivity (Wildman–Crippen MR) is 107 cm³/mol. The van der Waals surface area contributed by atoms with Crippen LogP contribution in [-0.2, 0) is 29.8 Å². The van der Waals surface area contributed by atoms with E-state index in [1.54, 1.807) is 32.0 Å². The van der Waals surface area contributed by atoms with E-state index in [9.17, 15) is 26.2 Å². The lowest BCUT2D eigenvalue weighted by Crippen LogP contribution is -2.30. The Morgan fingerprint density at radius 1 is 1.07 bits per heavy atom. The lowest BCUT2D eigenvalue weighted by molar-refractivity contribution is -0.137. The van der Waals surface area contributed by atoms with Crippen molar-refractivity contribution in [2.45, 2.75) is 30.7 Å². The van der Waals surface area contributed by atoms with Crippen LogP contribution in [0.15, 0.2) is 53.4 Å². The standard InChI is InChI=1S/C18H20ClF3NO5PS/c1-3-27-29(24,28-4-2)17(13-8-6-5-7-9-13)23-30(25,26)16-12-14(18(20,21)22)10-11-15(16)19/h5-12,17,23H,3-4H2,1-2H3. The van der Waals surface area contributed by atoms with Crippen molar-refractivity contribution in [3.63, 3.8) is 0 Å². The van der Waals surface area contributed by atoms with Crippen LogP contribution < -0.4 is 4.72 Å². The zero-order valence-electron chi connectivity index (χ0n) is 16.0. The molecule has 0 amide bonds. The van der Waals surface area contributed by atoms with Crippen molar-refractivity contribution in [1.29, 1.82) is 0 Å². The quantitative estimate of drug-likeness (QED) is 0.467. The van der Waals surface area contributed by atoms with Gasteiger partial charge in [0, 0.05) is 0 Å². The van der Waals surface area contributed by atoms with Gasteiger partial charge in [0.05, 0.1) is 23.8 Å². The molecule has 30 heavy (non-hydrogen) atoms. The molecule has 0 heterocycles. The Kier molecular flexibility index (Phi) is 8.12. The maximum absolute atomic E-state index is 13.3. The van der Waals surface area contributed by atoms with Gasteiger partial charge in [0.1, 0.15) is 10.7 Å². The van der Waals surface area contributed by atoms with Crippen molar-refractivity contribution in [2.75, 3.05) is 13.2 Å². The second-order valence-electron chi connectivity index (χ2n) is 5.95. The molecule has 0 aliphatic carbocycles. The lowest BCUT2D eigenvalue weighted by Gasteiger charge is -2.27. The molecular formula is C18H20ClF3NO5PS. The molecule has 1 N–H and O–H groups in total. The molecule has 12 heteroatoms. The number of halogens is 4. The van der Waals surface area contributed by atoms with E-state index in [0.29, 0.717) is 12.1 Å². The Balaban J connectivity index is 2.58. The Labute approximate surface area is 177 Å². The van der Waals surface area contributed by atoms with Crippen molar-refractivity contribution in [3.8, 4) is 0 Å². The Morgan fingerprint density at radius 2 is 1.63 bits per heavy atom. The van der Waals surface area contributed by atoms with Crippen LogP contribution in [0.3, 0.4) is 0 Å². The van der Waals surface area contributed by atoms with E-state index in [1.807, 2.05) is 0 Å². The van der Waals surface area contributed by atoms with Crippen molar-refractivity contribution in [1.82, 2.24) is 4.72 Å². The van der Waals surface area contributed by atoms with Crippen molar-refractivity contribution < 1.29 is 35.2 Å². The maximum atomic E-state index is 13.3. The predicted octanol–water partition coefficient (Wildman–Crippen LogP) is 5.60. The zero-order valence-corrected chi connectivity index (χ0v) is 18.5. The monoisotopic (exact) mass is 485 g/mol. The molecular weight excluding hydrogens is 466 g/mol. The maximum Gasteiger partial charge on any atom is 0.416 e. The van der Waals surface area contributed by atoms with Crippen molar-refractivity contribution in [2.24, 2.45) is 0 Å². The minimum Gasteiger partial charge on any atom is -0.308 e. The number of rotatable bonds is 9. The summed E-state index contributed by atoms with van der Waals surface area (Å²) < 4.78 is 91.2. The van der Waals surface area contributed by atoms with Crippen molar-refractivity contribution in [3.05, 3.63) is 64.7 Å². The number of benzene rings is 2. The van der Waals surface area contributed by atoms with Crippen molar-refractivity contribution >= 4 is 29.2 Å². The van der Waals surface area contributed by atoms with Gasteiger partial charge in [0.2, 0.25) is 10.0 Å². The first-order valence-electron chi connectivity index (χ1n) is 8.77. The summed E-state index contributed by atoms with van der Waals surface area (Å²) in [6.45, 7) is 3.00. The fourth-order valence-electron chi connectivity index (χ4n) is 2.59. The van der Waals surface area contributed by atoms with Gasteiger partial charge in [0.25, 0.3) is 0 Å². The van der Waals surface area contributed by atoms with Gasteiger partial charge in [-0.1, -0.05) is 41.9 Å². The average Bonchev–Trinajstić information content (AvgIpc) is 2.66. The first kappa shape index (κ1) is 24.8. The van der Waals surface area contributed by atoms with E-state index in [-0.39, 0.29) is 18.8 Å². The Hall–Kier alpha value is -1.42. The van der Waals surface area contributed by atoms with Crippen LogP contribution >= 0.6 is 19.2 Å². The highest BCUT2D eigenvalue weighted by atomic mass is 35.5. The summed E-state index contributed by atoms with van der Waals surface area (Å²) in [5, 5.41) is -0.426. The first-order chi connectivity index (χ1) is 13.9. The molecule has 1 atom stereocenters. The summed E-state index contributed by atoms with van der Waals surface area (Å²) in [7, 11) is -8.74. The van der Waals surface area contributed by atoms with Gasteiger partial charge in [-0.15, -0.1) is 0 Å². The third-order valence-corrected chi connectivity index (χ3v) is 8.24. The minimum absolute atomic E-state index is 0.0490. The van der Waals surface area contributed by atoms with Gasteiger partial charge in [-0.05, 0) is 37.6 Å². The lowest BCUT2D eigenvalue weighted by atomic mass is 10.2. The topological polar surface area (TPSA) is 81.7 Å². The largest absolute Gasteiger partial charge is 0.416 e. The molecule has 0 saturated heterocycles. The molecule has 1 unspecified atom stereocenters. The van der Waals surface area contributed by atoms with E-state index in [2.05, 4.69) is 4.72 Å². The van der Waals surface area contributed by atoms with E-state index >= 15 is 0 Å². The van der Waals surface area contributed by atoms with Gasteiger partial charge in [-0.3, -0.25) is 4.57 Å². The number of alkyl halides is 3. The third-order valence-electron chi connectivity index (χ3n) is 3.86. The van der Waals surface area contributed by atoms with Crippen LogP contribution in [0.5, 0.6) is 0 Å². The molecule has 2 aromatic rings. The molecule has 0 aliphatic heterocycles. The molecule has 0 bridgehead atoms. The van der Waals surface area contributed by atoms with Crippen LogP contribution in [0.2, 0.25) is 5.02 Å². The molecule has 0 spiro atoms. The summed E-state index contributed by atoms with van der Waals surface area (Å²) in [5.41, 5.74) is -0.948. The van der Waals surface area contributed by atoms with Gasteiger partial charge >= 0.3 is 13.8 Å². The normalized spacial score (nSPS) is 13.9. The fraction of sp³-hybridized carbons (Fsp3) is 0.333. The number of hydrogen-bond donors (Lipinski definition) is 1. The Bertz CT molecular complexity index is 1010. The molecule has 0 fully saturated rings. The summed E-state index contributed by atoms with van der Waals surface area (Å²) in [6.07, 6.45) is -4.78. The number of sulfonamides is 1. The zero-order chi connectivity index (χ0) is 22.6. The average molecular weight is 486 g/mol. The Morgan fingerprint density at radius 3 is 2.13 bits per heavy atom. The minimum atomic E-state index is -4.78. The second-order valence-corrected chi connectivity index (χ2v) is 10.2. The van der Waals surface area contributed by atoms with E-state index in [1.165, 1.54) is 12.1 Å².